The Labute approximate surface area is 294 Å². The molecule has 276 valence electrons. The third-order valence-corrected chi connectivity index (χ3v) is 18.2. The van der Waals surface area contributed by atoms with E-state index >= 15 is 0 Å². The van der Waals surface area contributed by atoms with Crippen LogP contribution in [0.25, 0.3) is 0 Å². The van der Waals surface area contributed by atoms with Gasteiger partial charge in [-0.05, 0) is 143 Å². The van der Waals surface area contributed by atoms with Crippen LogP contribution in [0.15, 0.2) is 0 Å². The van der Waals surface area contributed by atoms with Crippen molar-refractivity contribution in [1.82, 2.24) is 0 Å². The van der Waals surface area contributed by atoms with E-state index in [1.165, 1.54) is 12.8 Å². The average Bonchev–Trinajstić information content (AvgIpc) is 3.90. The molecule has 0 aromatic heterocycles. The van der Waals surface area contributed by atoms with E-state index in [0.717, 1.165) is 130 Å². The van der Waals surface area contributed by atoms with Crippen LogP contribution < -0.4 is 0 Å². The molecule has 20 unspecified atom stereocenters. The normalized spacial score (nSPS) is 27.7. The lowest BCUT2D eigenvalue weighted by atomic mass is 9.61. The van der Waals surface area contributed by atoms with E-state index in [2.05, 4.69) is 152 Å². The molecule has 1 aliphatic carbocycles. The molecule has 0 spiro atoms. The minimum Gasteiger partial charge on any atom is -0.0625 e. The van der Waals surface area contributed by atoms with Crippen molar-refractivity contribution in [3.05, 3.63) is 0 Å². The van der Waals surface area contributed by atoms with Crippen LogP contribution in [-0.2, 0) is 0 Å². The first-order chi connectivity index (χ1) is 21.0. The molecule has 0 aromatic carbocycles. The number of rotatable bonds is 21. The standard InChI is InChI=1S/C46H92/c1-25(2)26(3)27(4)28(5)29(6)30(7)31(8)32(9)33(10)34(11)35(12)36(13)37(14)38(15)39(16)40(17)41(18)42(19)43(20)44(21)45(22)46-23-24-46/h25-46H,23-24H2,1-22H3. The predicted octanol–water partition coefficient (Wildman–Crippen LogP) is 14.8. The minimum absolute atomic E-state index is 0.740. The second-order valence-corrected chi connectivity index (χ2v) is 19.8. The molecular formula is C46H92. The molecule has 1 fully saturated rings. The van der Waals surface area contributed by atoms with Crippen LogP contribution >= 0.6 is 0 Å². The topological polar surface area (TPSA) is 0 Å². The second-order valence-electron chi connectivity index (χ2n) is 19.8. The van der Waals surface area contributed by atoms with Gasteiger partial charge in [0.2, 0.25) is 0 Å². The summed E-state index contributed by atoms with van der Waals surface area (Å²) in [5, 5.41) is 0. The maximum atomic E-state index is 2.60. The second kappa shape index (κ2) is 18.8. The Morgan fingerprint density at radius 1 is 0.217 bits per heavy atom. The van der Waals surface area contributed by atoms with Crippen LogP contribution in [0.4, 0.5) is 0 Å². The van der Waals surface area contributed by atoms with Crippen molar-refractivity contribution < 1.29 is 0 Å². The van der Waals surface area contributed by atoms with Gasteiger partial charge in [0.25, 0.3) is 0 Å². The van der Waals surface area contributed by atoms with Crippen LogP contribution in [0.3, 0.4) is 0 Å². The van der Waals surface area contributed by atoms with Gasteiger partial charge in [-0.3, -0.25) is 0 Å². The van der Waals surface area contributed by atoms with Crippen LogP contribution in [-0.4, -0.2) is 0 Å². The van der Waals surface area contributed by atoms with Crippen molar-refractivity contribution in [1.29, 1.82) is 0 Å². The first kappa shape index (κ1) is 44.0. The summed E-state index contributed by atoms with van der Waals surface area (Å²) in [7, 11) is 0. The Morgan fingerprint density at radius 3 is 0.522 bits per heavy atom. The molecule has 20 atom stereocenters. The molecule has 0 nitrogen and oxygen atoms in total. The summed E-state index contributed by atoms with van der Waals surface area (Å²) in [6, 6.07) is 0. The van der Waals surface area contributed by atoms with Gasteiger partial charge < -0.3 is 0 Å². The fourth-order valence-corrected chi connectivity index (χ4v) is 10.3. The van der Waals surface area contributed by atoms with Gasteiger partial charge in [0.1, 0.15) is 0 Å². The fraction of sp³-hybridized carbons (Fsp3) is 1.00. The molecule has 0 heterocycles. The van der Waals surface area contributed by atoms with E-state index in [9.17, 15) is 0 Å². The van der Waals surface area contributed by atoms with E-state index in [1.807, 2.05) is 0 Å². The van der Waals surface area contributed by atoms with Crippen LogP contribution in [0.1, 0.15) is 165 Å². The zero-order chi connectivity index (χ0) is 36.1. The Morgan fingerprint density at radius 2 is 0.370 bits per heavy atom. The van der Waals surface area contributed by atoms with Gasteiger partial charge >= 0.3 is 0 Å². The van der Waals surface area contributed by atoms with Gasteiger partial charge in [0.05, 0.1) is 0 Å². The van der Waals surface area contributed by atoms with Crippen molar-refractivity contribution in [2.24, 2.45) is 130 Å². The predicted molar refractivity (Wildman–Crippen MR) is 211 cm³/mol. The maximum Gasteiger partial charge on any atom is -0.0386 e. The SMILES string of the molecule is CC(C)C(C)C(C)C(C)C(C)C(C)C(C)C(C)C(C)C(C)C(C)C(C)C(C)C(C)C(C)C(C)C(C)C(C)C(C)C(C)C(C)C1CC1. The summed E-state index contributed by atoms with van der Waals surface area (Å²) in [5.41, 5.74) is 0. The van der Waals surface area contributed by atoms with Gasteiger partial charge in [-0.1, -0.05) is 152 Å². The Balaban J connectivity index is 2.86. The highest BCUT2D eigenvalue weighted by Gasteiger charge is 2.40. The summed E-state index contributed by atoms with van der Waals surface area (Å²) in [6.07, 6.45) is 2.96. The Kier molecular flexibility index (Phi) is 18.0. The zero-order valence-corrected chi connectivity index (χ0v) is 36.1. The van der Waals surface area contributed by atoms with Gasteiger partial charge in [-0.15, -0.1) is 0 Å². The van der Waals surface area contributed by atoms with E-state index in [4.69, 9.17) is 0 Å². The van der Waals surface area contributed by atoms with Crippen molar-refractivity contribution in [3.63, 3.8) is 0 Å². The van der Waals surface area contributed by atoms with E-state index in [-0.39, 0.29) is 0 Å². The van der Waals surface area contributed by atoms with E-state index in [1.54, 1.807) is 0 Å². The summed E-state index contributed by atoms with van der Waals surface area (Å²) in [5.74, 6) is 17.2. The molecule has 0 radical (unpaired) electrons. The van der Waals surface area contributed by atoms with Gasteiger partial charge in [0.15, 0.2) is 0 Å². The largest absolute Gasteiger partial charge is 0.0625 e. The highest BCUT2D eigenvalue weighted by Crippen LogP contribution is 2.47. The summed E-state index contributed by atoms with van der Waals surface area (Å²) < 4.78 is 0. The summed E-state index contributed by atoms with van der Waals surface area (Å²) >= 11 is 0. The molecular weight excluding hydrogens is 553 g/mol. The molecule has 46 heavy (non-hydrogen) atoms. The Hall–Kier alpha value is 0. The number of hydrogen-bond acceptors (Lipinski definition) is 0. The highest BCUT2D eigenvalue weighted by atomic mass is 14.5. The lowest BCUT2D eigenvalue weighted by molar-refractivity contribution is 0.0451. The maximum absolute atomic E-state index is 2.60. The average molecular weight is 645 g/mol. The van der Waals surface area contributed by atoms with Gasteiger partial charge in [0, 0.05) is 0 Å². The van der Waals surface area contributed by atoms with Gasteiger partial charge in [-0.25, -0.2) is 0 Å². The smallest absolute Gasteiger partial charge is 0.0386 e. The molecule has 1 rings (SSSR count). The number of hydrogen-bond donors (Lipinski definition) is 0. The third-order valence-electron chi connectivity index (χ3n) is 18.2. The van der Waals surface area contributed by atoms with E-state index < -0.39 is 0 Å². The molecule has 0 bridgehead atoms. The molecule has 0 N–H and O–H groups in total. The van der Waals surface area contributed by atoms with Crippen molar-refractivity contribution in [2.75, 3.05) is 0 Å². The monoisotopic (exact) mass is 645 g/mol. The molecule has 0 saturated heterocycles. The third kappa shape index (κ3) is 10.7. The van der Waals surface area contributed by atoms with Gasteiger partial charge in [-0.2, -0.15) is 0 Å². The zero-order valence-electron chi connectivity index (χ0n) is 36.1. The Bertz CT molecular complexity index is 762. The first-order valence-electron chi connectivity index (χ1n) is 21.0. The molecule has 1 aliphatic rings. The van der Waals surface area contributed by atoms with Crippen molar-refractivity contribution >= 4 is 0 Å². The molecule has 1 saturated carbocycles. The van der Waals surface area contributed by atoms with Crippen LogP contribution in [0.2, 0.25) is 0 Å². The first-order valence-corrected chi connectivity index (χ1v) is 21.0. The van der Waals surface area contributed by atoms with Crippen LogP contribution in [0, 0.1) is 130 Å². The summed E-state index contributed by atoms with van der Waals surface area (Å²) in [6.45, 7) is 56.2. The quantitative estimate of drug-likeness (QED) is 0.117. The molecule has 0 aromatic rings. The van der Waals surface area contributed by atoms with Crippen molar-refractivity contribution in [2.45, 2.75) is 165 Å². The molecule has 0 aliphatic heterocycles. The highest BCUT2D eigenvalue weighted by molar-refractivity contribution is 4.89. The summed E-state index contributed by atoms with van der Waals surface area (Å²) in [4.78, 5) is 0. The van der Waals surface area contributed by atoms with Crippen molar-refractivity contribution in [3.8, 4) is 0 Å². The molecule has 0 heteroatoms. The lowest BCUT2D eigenvalue weighted by Crippen LogP contribution is -2.38. The fourth-order valence-electron chi connectivity index (χ4n) is 10.3. The lowest BCUT2D eigenvalue weighted by Gasteiger charge is -2.44. The van der Waals surface area contributed by atoms with Crippen LogP contribution in [0.5, 0.6) is 0 Å². The molecule has 0 amide bonds. The minimum atomic E-state index is 0.740. The van der Waals surface area contributed by atoms with E-state index in [0.29, 0.717) is 0 Å².